The van der Waals surface area contributed by atoms with Crippen LogP contribution in [0.5, 0.6) is 0 Å². The van der Waals surface area contributed by atoms with Crippen LogP contribution in [0, 0.1) is 0 Å². The highest BCUT2D eigenvalue weighted by molar-refractivity contribution is 6.74. The summed E-state index contributed by atoms with van der Waals surface area (Å²) in [6, 6.07) is 12.9. The molecule has 1 aliphatic rings. The van der Waals surface area contributed by atoms with Gasteiger partial charge in [-0.15, -0.1) is 0 Å². The van der Waals surface area contributed by atoms with Gasteiger partial charge in [0.2, 0.25) is 0 Å². The first-order valence-electron chi connectivity index (χ1n) is 12.3. The van der Waals surface area contributed by atoms with E-state index in [9.17, 15) is 4.79 Å². The Morgan fingerprint density at radius 2 is 1.91 bits per heavy atom. The summed E-state index contributed by atoms with van der Waals surface area (Å²) in [4.78, 5) is 19.0. The van der Waals surface area contributed by atoms with Gasteiger partial charge in [0.1, 0.15) is 5.65 Å². The molecule has 1 aromatic carbocycles. The van der Waals surface area contributed by atoms with Crippen LogP contribution < -0.4 is 5.46 Å². The average molecular weight is 445 g/mol. The molecular weight excluding hydrogens is 409 g/mol. The third-order valence-electron chi connectivity index (χ3n) is 7.56. The van der Waals surface area contributed by atoms with E-state index in [4.69, 9.17) is 9.72 Å². The molecule has 2 aromatic heterocycles. The molecule has 3 heterocycles. The summed E-state index contributed by atoms with van der Waals surface area (Å²) in [6.45, 7) is 9.60. The molecule has 6 heteroatoms. The lowest BCUT2D eigenvalue weighted by molar-refractivity contribution is 0.0600. The van der Waals surface area contributed by atoms with E-state index in [-0.39, 0.29) is 5.97 Å². The van der Waals surface area contributed by atoms with Crippen LogP contribution in [0.3, 0.4) is 0 Å². The van der Waals surface area contributed by atoms with Gasteiger partial charge in [-0.2, -0.15) is 0 Å². The second kappa shape index (κ2) is 10.1. The number of rotatable bonds is 7. The first-order valence-corrected chi connectivity index (χ1v) is 12.3. The van der Waals surface area contributed by atoms with Gasteiger partial charge < -0.3 is 9.30 Å². The minimum Gasteiger partial charge on any atom is -0.465 e. The van der Waals surface area contributed by atoms with Crippen molar-refractivity contribution >= 4 is 29.2 Å². The van der Waals surface area contributed by atoms with Gasteiger partial charge in [0, 0.05) is 30.4 Å². The van der Waals surface area contributed by atoms with Crippen molar-refractivity contribution in [2.45, 2.75) is 58.2 Å². The first kappa shape index (κ1) is 23.6. The van der Waals surface area contributed by atoms with Crippen molar-refractivity contribution in [3.8, 4) is 0 Å². The van der Waals surface area contributed by atoms with Gasteiger partial charge in [0.15, 0.2) is 6.71 Å². The Balaban J connectivity index is 1.47. The number of ether oxygens (including phenoxy) is 1. The average Bonchev–Trinajstić information content (AvgIpc) is 3.20. The van der Waals surface area contributed by atoms with Crippen LogP contribution in [0.4, 0.5) is 0 Å². The van der Waals surface area contributed by atoms with Crippen molar-refractivity contribution < 1.29 is 9.53 Å². The molecule has 0 N–H and O–H groups in total. The summed E-state index contributed by atoms with van der Waals surface area (Å²) in [6.07, 6.45) is 6.62. The topological polar surface area (TPSA) is 47.4 Å². The summed E-state index contributed by atoms with van der Waals surface area (Å²) < 4.78 is 7.11. The SMILES string of the molecule is CCCB(C)c1ccnc2c1cc(C(C)N1CCC(c3ccc(C(=O)OC)cc3)CC1)n2C. The predicted molar refractivity (Wildman–Crippen MR) is 137 cm³/mol. The molecule has 0 spiro atoms. The minimum absolute atomic E-state index is 0.276. The summed E-state index contributed by atoms with van der Waals surface area (Å²) >= 11 is 0. The Morgan fingerprint density at radius 3 is 2.55 bits per heavy atom. The molecule has 1 unspecified atom stereocenters. The monoisotopic (exact) mass is 445 g/mol. The molecular formula is C27H36BN3O2. The van der Waals surface area contributed by atoms with Crippen molar-refractivity contribution in [1.82, 2.24) is 14.5 Å². The normalized spacial score (nSPS) is 16.2. The molecule has 0 radical (unpaired) electrons. The molecule has 3 aromatic rings. The number of piperidine rings is 1. The van der Waals surface area contributed by atoms with E-state index < -0.39 is 0 Å². The van der Waals surface area contributed by atoms with Crippen LogP contribution >= 0.6 is 0 Å². The fraction of sp³-hybridized carbons (Fsp3) is 0.481. The molecule has 0 amide bonds. The number of fused-ring (bicyclic) bond motifs is 1. The molecule has 0 aliphatic carbocycles. The van der Waals surface area contributed by atoms with Crippen LogP contribution in [-0.2, 0) is 11.8 Å². The Labute approximate surface area is 198 Å². The largest absolute Gasteiger partial charge is 0.465 e. The Hall–Kier alpha value is -2.60. The fourth-order valence-corrected chi connectivity index (χ4v) is 5.49. The van der Waals surface area contributed by atoms with Crippen LogP contribution in [0.1, 0.15) is 66.7 Å². The molecule has 0 saturated carbocycles. The predicted octanol–water partition coefficient (Wildman–Crippen LogP) is 5.04. The number of methoxy groups -OCH3 is 1. The number of aryl methyl sites for hydroxylation is 1. The summed E-state index contributed by atoms with van der Waals surface area (Å²) in [7, 11) is 3.58. The maximum Gasteiger partial charge on any atom is 0.337 e. The molecule has 1 fully saturated rings. The van der Waals surface area contributed by atoms with Gasteiger partial charge in [-0.05, 0) is 68.6 Å². The van der Waals surface area contributed by atoms with Gasteiger partial charge in [0.05, 0.1) is 12.7 Å². The van der Waals surface area contributed by atoms with Crippen LogP contribution in [-0.4, -0.2) is 47.3 Å². The number of hydrogen-bond donors (Lipinski definition) is 0. The Kier molecular flexibility index (Phi) is 7.23. The van der Waals surface area contributed by atoms with Gasteiger partial charge >= 0.3 is 5.97 Å². The van der Waals surface area contributed by atoms with E-state index in [1.807, 2.05) is 18.3 Å². The van der Waals surface area contributed by atoms with E-state index in [1.54, 1.807) is 0 Å². The molecule has 5 nitrogen and oxygen atoms in total. The van der Waals surface area contributed by atoms with E-state index >= 15 is 0 Å². The quantitative estimate of drug-likeness (QED) is 0.378. The number of benzene rings is 1. The number of aromatic nitrogens is 2. The smallest absolute Gasteiger partial charge is 0.337 e. The second-order valence-corrected chi connectivity index (χ2v) is 9.56. The zero-order valence-electron chi connectivity index (χ0n) is 20.7. The number of nitrogens with zero attached hydrogens (tertiary/aromatic N) is 3. The highest BCUT2D eigenvalue weighted by Gasteiger charge is 2.27. The summed E-state index contributed by atoms with van der Waals surface area (Å²) in [5.74, 6) is 0.262. The van der Waals surface area contributed by atoms with Crippen molar-refractivity contribution in [1.29, 1.82) is 0 Å². The second-order valence-electron chi connectivity index (χ2n) is 9.56. The Morgan fingerprint density at radius 1 is 1.21 bits per heavy atom. The maximum absolute atomic E-state index is 11.7. The molecule has 4 rings (SSSR count). The van der Waals surface area contributed by atoms with Crippen LogP contribution in [0.15, 0.2) is 42.6 Å². The third kappa shape index (κ3) is 4.72. The summed E-state index contributed by atoms with van der Waals surface area (Å²) in [5, 5.41) is 1.31. The molecule has 0 bridgehead atoms. The van der Waals surface area contributed by atoms with Crippen LogP contribution in [0.25, 0.3) is 11.0 Å². The van der Waals surface area contributed by atoms with E-state index in [1.165, 1.54) is 42.0 Å². The lowest BCUT2D eigenvalue weighted by Crippen LogP contribution is -2.35. The van der Waals surface area contributed by atoms with E-state index in [0.29, 0.717) is 24.2 Å². The van der Waals surface area contributed by atoms with Crippen molar-refractivity contribution in [3.63, 3.8) is 0 Å². The lowest BCUT2D eigenvalue weighted by Gasteiger charge is -2.36. The number of carbonyl (C=O) groups is 1. The third-order valence-corrected chi connectivity index (χ3v) is 7.56. The zero-order chi connectivity index (χ0) is 23.5. The number of likely N-dealkylation sites (tertiary alicyclic amines) is 1. The number of carbonyl (C=O) groups excluding carboxylic acids is 1. The van der Waals surface area contributed by atoms with Gasteiger partial charge in [-0.3, -0.25) is 4.90 Å². The molecule has 1 saturated heterocycles. The number of hydrogen-bond acceptors (Lipinski definition) is 4. The molecule has 1 atom stereocenters. The van der Waals surface area contributed by atoms with Crippen LogP contribution in [0.2, 0.25) is 13.1 Å². The summed E-state index contributed by atoms with van der Waals surface area (Å²) in [5.41, 5.74) is 5.79. The standard InChI is InChI=1S/C27H36BN3O2/c1-6-14-28(3)24-11-15-29-26-23(24)18-25(30(26)4)19(2)31-16-12-21(13-17-31)20-7-9-22(10-8-20)27(32)33-5/h7-11,15,18-19,21H,6,12-14,16-17H2,1-5H3. The maximum atomic E-state index is 11.7. The fourth-order valence-electron chi connectivity index (χ4n) is 5.49. The minimum atomic E-state index is -0.276. The van der Waals surface area contributed by atoms with Crippen molar-refractivity contribution in [3.05, 3.63) is 59.4 Å². The molecule has 1 aliphatic heterocycles. The molecule has 174 valence electrons. The number of esters is 1. The zero-order valence-corrected chi connectivity index (χ0v) is 20.7. The number of pyridine rings is 1. The first-order chi connectivity index (χ1) is 15.9. The highest BCUT2D eigenvalue weighted by atomic mass is 16.5. The van der Waals surface area contributed by atoms with Gasteiger partial charge in [-0.25, -0.2) is 9.78 Å². The van der Waals surface area contributed by atoms with E-state index in [0.717, 1.165) is 31.6 Å². The molecule has 33 heavy (non-hydrogen) atoms. The van der Waals surface area contributed by atoms with Gasteiger partial charge in [0.25, 0.3) is 0 Å². The lowest BCUT2D eigenvalue weighted by atomic mass is 9.44. The highest BCUT2D eigenvalue weighted by Crippen LogP contribution is 2.33. The van der Waals surface area contributed by atoms with E-state index in [2.05, 4.69) is 61.5 Å². The van der Waals surface area contributed by atoms with Crippen molar-refractivity contribution in [2.24, 2.45) is 7.05 Å². The Bertz CT molecular complexity index is 1100. The van der Waals surface area contributed by atoms with Gasteiger partial charge in [-0.1, -0.05) is 44.1 Å². The van der Waals surface area contributed by atoms with Crippen molar-refractivity contribution in [2.75, 3.05) is 20.2 Å².